The summed E-state index contributed by atoms with van der Waals surface area (Å²) in [5, 5.41) is 8.60. The Balaban J connectivity index is 0. The van der Waals surface area contributed by atoms with Crippen LogP contribution in [0.3, 0.4) is 0 Å². The standard InChI is InChI=1S/C9H21NO.CH5N/c1-3-4-5-6-7-10(2)8-9-11;1-2/h11H,3-9H2,1-2H3;2H2,1H3. The molecule has 0 aliphatic rings. The third-order valence-corrected chi connectivity index (χ3v) is 1.88. The fourth-order valence-electron chi connectivity index (χ4n) is 1.09. The van der Waals surface area contributed by atoms with Crippen LogP contribution in [-0.4, -0.2) is 43.8 Å². The Morgan fingerprint density at radius 3 is 2.15 bits per heavy atom. The van der Waals surface area contributed by atoms with E-state index in [9.17, 15) is 0 Å². The Labute approximate surface area is 82.9 Å². The van der Waals surface area contributed by atoms with Crippen LogP contribution in [0.15, 0.2) is 0 Å². The molecule has 0 unspecified atom stereocenters. The van der Waals surface area contributed by atoms with Gasteiger partial charge in [-0.2, -0.15) is 0 Å². The second-order valence-corrected chi connectivity index (χ2v) is 3.09. The van der Waals surface area contributed by atoms with Crippen molar-refractivity contribution in [2.45, 2.75) is 32.6 Å². The lowest BCUT2D eigenvalue weighted by molar-refractivity contribution is 0.219. The zero-order valence-electron chi connectivity index (χ0n) is 9.42. The molecule has 13 heavy (non-hydrogen) atoms. The van der Waals surface area contributed by atoms with Gasteiger partial charge in [-0.15, -0.1) is 0 Å². The summed E-state index contributed by atoms with van der Waals surface area (Å²) in [6.45, 7) is 4.44. The molecule has 3 N–H and O–H groups in total. The minimum atomic E-state index is 0.282. The molecule has 82 valence electrons. The lowest BCUT2D eigenvalue weighted by Crippen LogP contribution is -2.23. The lowest BCUT2D eigenvalue weighted by Gasteiger charge is -2.13. The third kappa shape index (κ3) is 14.7. The second-order valence-electron chi connectivity index (χ2n) is 3.09. The molecule has 0 aromatic rings. The van der Waals surface area contributed by atoms with Gasteiger partial charge in [0.1, 0.15) is 0 Å². The highest BCUT2D eigenvalue weighted by atomic mass is 16.3. The van der Waals surface area contributed by atoms with Crippen molar-refractivity contribution < 1.29 is 5.11 Å². The SMILES string of the molecule is CCCCCCN(C)CCO.CN. The van der Waals surface area contributed by atoms with Crippen LogP contribution >= 0.6 is 0 Å². The van der Waals surface area contributed by atoms with Crippen LogP contribution in [0, 0.1) is 0 Å². The largest absolute Gasteiger partial charge is 0.395 e. The molecule has 0 aromatic carbocycles. The summed E-state index contributed by atoms with van der Waals surface area (Å²) in [7, 11) is 3.56. The van der Waals surface area contributed by atoms with Crippen LogP contribution in [-0.2, 0) is 0 Å². The van der Waals surface area contributed by atoms with E-state index in [0.29, 0.717) is 0 Å². The van der Waals surface area contributed by atoms with Gasteiger partial charge in [0.15, 0.2) is 0 Å². The maximum absolute atomic E-state index is 8.60. The lowest BCUT2D eigenvalue weighted by atomic mass is 10.2. The van der Waals surface area contributed by atoms with Gasteiger partial charge in [-0.25, -0.2) is 0 Å². The van der Waals surface area contributed by atoms with Crippen molar-refractivity contribution in [2.24, 2.45) is 5.73 Å². The molecule has 0 rings (SSSR count). The first kappa shape index (κ1) is 15.4. The van der Waals surface area contributed by atoms with Gasteiger partial charge >= 0.3 is 0 Å². The van der Waals surface area contributed by atoms with E-state index in [4.69, 9.17) is 5.11 Å². The zero-order chi connectivity index (χ0) is 10.5. The van der Waals surface area contributed by atoms with E-state index in [0.717, 1.165) is 13.1 Å². The topological polar surface area (TPSA) is 49.5 Å². The Morgan fingerprint density at radius 2 is 1.69 bits per heavy atom. The van der Waals surface area contributed by atoms with Crippen LogP contribution in [0.5, 0.6) is 0 Å². The Bertz CT molecular complexity index is 79.3. The molecule has 0 fully saturated rings. The number of rotatable bonds is 7. The quantitative estimate of drug-likeness (QED) is 0.590. The van der Waals surface area contributed by atoms with Gasteiger partial charge in [0, 0.05) is 6.54 Å². The van der Waals surface area contributed by atoms with Gasteiger partial charge in [-0.3, -0.25) is 0 Å². The normalized spacial score (nSPS) is 9.69. The van der Waals surface area contributed by atoms with Gasteiger partial charge in [-0.05, 0) is 27.1 Å². The van der Waals surface area contributed by atoms with Gasteiger partial charge in [-0.1, -0.05) is 26.2 Å². The van der Waals surface area contributed by atoms with Crippen molar-refractivity contribution in [3.8, 4) is 0 Å². The maximum atomic E-state index is 8.60. The van der Waals surface area contributed by atoms with E-state index in [-0.39, 0.29) is 6.61 Å². The Hall–Kier alpha value is -0.120. The molecule has 0 aromatic heterocycles. The van der Waals surface area contributed by atoms with Gasteiger partial charge in [0.05, 0.1) is 6.61 Å². The summed E-state index contributed by atoms with van der Waals surface area (Å²) in [6, 6.07) is 0. The molecular weight excluding hydrogens is 164 g/mol. The number of aliphatic hydroxyl groups is 1. The predicted octanol–water partition coefficient (Wildman–Crippen LogP) is 1.07. The molecule has 3 nitrogen and oxygen atoms in total. The smallest absolute Gasteiger partial charge is 0.0558 e. The molecule has 0 aliphatic carbocycles. The summed E-state index contributed by atoms with van der Waals surface area (Å²) < 4.78 is 0. The van der Waals surface area contributed by atoms with Crippen LogP contribution in [0.25, 0.3) is 0 Å². The molecule has 0 saturated carbocycles. The van der Waals surface area contributed by atoms with Crippen molar-refractivity contribution in [1.82, 2.24) is 4.90 Å². The Kier molecular flexibility index (Phi) is 17.0. The molecule has 0 atom stereocenters. The summed E-state index contributed by atoms with van der Waals surface area (Å²) in [5.41, 5.74) is 4.50. The molecule has 0 saturated heterocycles. The van der Waals surface area contributed by atoms with Crippen molar-refractivity contribution in [3.05, 3.63) is 0 Å². The molecular formula is C10H26N2O. The van der Waals surface area contributed by atoms with Crippen LogP contribution in [0.1, 0.15) is 32.6 Å². The van der Waals surface area contributed by atoms with Crippen LogP contribution < -0.4 is 5.73 Å². The first-order valence-electron chi connectivity index (χ1n) is 5.18. The summed E-state index contributed by atoms with van der Waals surface area (Å²) in [4.78, 5) is 2.18. The first-order chi connectivity index (χ1) is 6.31. The van der Waals surface area contributed by atoms with E-state index in [1.165, 1.54) is 32.7 Å². The van der Waals surface area contributed by atoms with E-state index < -0.39 is 0 Å². The number of hydrogen-bond donors (Lipinski definition) is 2. The number of nitrogens with zero attached hydrogens (tertiary/aromatic N) is 1. The molecule has 0 spiro atoms. The molecule has 0 aliphatic heterocycles. The van der Waals surface area contributed by atoms with E-state index in [1.54, 1.807) is 0 Å². The van der Waals surface area contributed by atoms with Gasteiger partial charge in [0.25, 0.3) is 0 Å². The summed E-state index contributed by atoms with van der Waals surface area (Å²) >= 11 is 0. The molecule has 0 heterocycles. The van der Waals surface area contributed by atoms with E-state index >= 15 is 0 Å². The highest BCUT2D eigenvalue weighted by Crippen LogP contribution is 1.99. The van der Waals surface area contributed by atoms with E-state index in [1.807, 2.05) is 0 Å². The highest BCUT2D eigenvalue weighted by Gasteiger charge is 1.95. The number of unbranched alkanes of at least 4 members (excludes halogenated alkanes) is 3. The zero-order valence-corrected chi connectivity index (χ0v) is 9.42. The van der Waals surface area contributed by atoms with Crippen LogP contribution in [0.2, 0.25) is 0 Å². The molecule has 3 heteroatoms. The average Bonchev–Trinajstić information content (AvgIpc) is 2.16. The second kappa shape index (κ2) is 14.4. The monoisotopic (exact) mass is 190 g/mol. The fraction of sp³-hybridized carbons (Fsp3) is 1.00. The van der Waals surface area contributed by atoms with Crippen molar-refractivity contribution in [3.63, 3.8) is 0 Å². The van der Waals surface area contributed by atoms with Gasteiger partial charge < -0.3 is 15.7 Å². The molecule has 0 bridgehead atoms. The number of hydrogen-bond acceptors (Lipinski definition) is 3. The maximum Gasteiger partial charge on any atom is 0.0558 e. The average molecular weight is 190 g/mol. The fourth-order valence-corrected chi connectivity index (χ4v) is 1.09. The van der Waals surface area contributed by atoms with Crippen molar-refractivity contribution in [1.29, 1.82) is 0 Å². The van der Waals surface area contributed by atoms with Crippen molar-refractivity contribution >= 4 is 0 Å². The predicted molar refractivity (Wildman–Crippen MR) is 58.8 cm³/mol. The summed E-state index contributed by atoms with van der Waals surface area (Å²) in [6.07, 6.45) is 5.23. The first-order valence-corrected chi connectivity index (χ1v) is 5.18. The minimum absolute atomic E-state index is 0.282. The molecule has 0 amide bonds. The Morgan fingerprint density at radius 1 is 1.08 bits per heavy atom. The number of nitrogens with two attached hydrogens (primary N) is 1. The highest BCUT2D eigenvalue weighted by molar-refractivity contribution is 4.50. The summed E-state index contributed by atoms with van der Waals surface area (Å²) in [5.74, 6) is 0. The van der Waals surface area contributed by atoms with Crippen molar-refractivity contribution in [2.75, 3.05) is 33.8 Å². The van der Waals surface area contributed by atoms with E-state index in [2.05, 4.69) is 24.6 Å². The molecule has 0 radical (unpaired) electrons. The number of aliphatic hydroxyl groups excluding tert-OH is 1. The number of likely N-dealkylation sites (N-methyl/N-ethyl adjacent to an activating group) is 1. The van der Waals surface area contributed by atoms with Crippen LogP contribution in [0.4, 0.5) is 0 Å². The minimum Gasteiger partial charge on any atom is -0.395 e. The van der Waals surface area contributed by atoms with Gasteiger partial charge in [0.2, 0.25) is 0 Å². The third-order valence-electron chi connectivity index (χ3n) is 1.88.